The smallest absolute Gasteiger partial charge is 0.339 e. The number of fused-ring (bicyclic) bond motifs is 2. The summed E-state index contributed by atoms with van der Waals surface area (Å²) in [6, 6.07) is 17.7. The highest BCUT2D eigenvalue weighted by Gasteiger charge is 2.28. The molecule has 1 aliphatic carbocycles. The molecule has 0 atom stereocenters. The molecule has 4 aromatic rings. The maximum absolute atomic E-state index is 13.2. The second-order valence-corrected chi connectivity index (χ2v) is 8.28. The Hall–Kier alpha value is -4.52. The summed E-state index contributed by atoms with van der Waals surface area (Å²) >= 11 is 0. The van der Waals surface area contributed by atoms with Crippen molar-refractivity contribution >= 4 is 45.9 Å². The molecule has 1 N–H and O–H groups in total. The number of allylic oxidation sites excluding steroid dienone is 1. The Kier molecular flexibility index (Phi) is 5.97. The Balaban J connectivity index is 1.40. The average Bonchev–Trinajstić information content (AvgIpc) is 3.51. The monoisotopic (exact) mass is 466 g/mol. The molecular formula is C28H22N2O5. The van der Waals surface area contributed by atoms with Crippen LogP contribution in [0.2, 0.25) is 0 Å². The van der Waals surface area contributed by atoms with Gasteiger partial charge in [-0.15, -0.1) is 0 Å². The molecule has 35 heavy (non-hydrogen) atoms. The molecule has 0 bridgehead atoms. The molecule has 7 nitrogen and oxygen atoms in total. The lowest BCUT2D eigenvalue weighted by atomic mass is 10.0. The van der Waals surface area contributed by atoms with Crippen LogP contribution < -0.4 is 5.32 Å². The van der Waals surface area contributed by atoms with Crippen LogP contribution in [0.3, 0.4) is 0 Å². The number of rotatable bonds is 6. The van der Waals surface area contributed by atoms with Crippen molar-refractivity contribution < 1.29 is 23.5 Å². The minimum absolute atomic E-state index is 0.105. The summed E-state index contributed by atoms with van der Waals surface area (Å²) < 4.78 is 10.9. The number of ether oxygens (including phenoxy) is 1. The SMILES string of the molecule is CC(=O)c1cccc(NC(=O)COC(=O)c2c3c(nc4ccccc24)/C(=C/c2ccco2)CC3)c1. The standard InChI is InChI=1S/C28H22N2O5/c1-17(31)18-6-4-7-20(14-18)29-25(32)16-35-28(33)26-22-9-2-3-10-24(22)30-27-19(11-12-23(26)27)15-21-8-5-13-34-21/h2-10,13-15H,11-12,16H2,1H3,(H,29,32)/b19-15+. The lowest BCUT2D eigenvalue weighted by Crippen LogP contribution is -2.22. The Bertz CT molecular complexity index is 1480. The van der Waals surface area contributed by atoms with Crippen LogP contribution >= 0.6 is 0 Å². The average molecular weight is 466 g/mol. The minimum atomic E-state index is -0.577. The molecule has 7 heteroatoms. The number of para-hydroxylation sites is 1. The van der Waals surface area contributed by atoms with E-state index in [-0.39, 0.29) is 5.78 Å². The number of hydrogen-bond donors (Lipinski definition) is 1. The molecule has 1 amide bonds. The van der Waals surface area contributed by atoms with Crippen molar-refractivity contribution in [2.24, 2.45) is 0 Å². The first-order chi connectivity index (χ1) is 17.0. The van der Waals surface area contributed by atoms with Gasteiger partial charge in [0, 0.05) is 16.6 Å². The van der Waals surface area contributed by atoms with Gasteiger partial charge < -0.3 is 14.5 Å². The van der Waals surface area contributed by atoms with E-state index < -0.39 is 18.5 Å². The fourth-order valence-corrected chi connectivity index (χ4v) is 4.27. The second-order valence-electron chi connectivity index (χ2n) is 8.28. The fraction of sp³-hybridized carbons (Fsp3) is 0.143. The zero-order chi connectivity index (χ0) is 24.4. The highest BCUT2D eigenvalue weighted by molar-refractivity contribution is 6.08. The van der Waals surface area contributed by atoms with Crippen molar-refractivity contribution in [3.63, 3.8) is 0 Å². The van der Waals surface area contributed by atoms with Crippen LogP contribution in [0.15, 0.2) is 71.3 Å². The first-order valence-corrected chi connectivity index (χ1v) is 11.2. The third-order valence-electron chi connectivity index (χ3n) is 5.89. The molecule has 0 aliphatic heterocycles. The highest BCUT2D eigenvalue weighted by atomic mass is 16.5. The number of esters is 1. The van der Waals surface area contributed by atoms with E-state index in [1.807, 2.05) is 42.5 Å². The van der Waals surface area contributed by atoms with Crippen LogP contribution in [0.4, 0.5) is 5.69 Å². The fourth-order valence-electron chi connectivity index (χ4n) is 4.27. The predicted molar refractivity (Wildman–Crippen MR) is 132 cm³/mol. The molecule has 0 saturated carbocycles. The third kappa shape index (κ3) is 4.61. The van der Waals surface area contributed by atoms with E-state index >= 15 is 0 Å². The number of amides is 1. The molecule has 0 radical (unpaired) electrons. The molecule has 5 rings (SSSR count). The van der Waals surface area contributed by atoms with Crippen LogP contribution in [0.25, 0.3) is 22.6 Å². The molecule has 0 saturated heterocycles. The number of furan rings is 1. The molecule has 2 aromatic heterocycles. The largest absolute Gasteiger partial charge is 0.465 e. The number of Topliss-reactive ketones (excluding diaryl/α,β-unsaturated/α-hetero) is 1. The summed E-state index contributed by atoms with van der Waals surface area (Å²) in [6.45, 7) is 0.999. The summed E-state index contributed by atoms with van der Waals surface area (Å²) in [7, 11) is 0. The molecule has 2 heterocycles. The number of nitrogens with one attached hydrogen (secondary N) is 1. The van der Waals surface area contributed by atoms with E-state index in [1.165, 1.54) is 6.92 Å². The first-order valence-electron chi connectivity index (χ1n) is 11.2. The van der Waals surface area contributed by atoms with Crippen LogP contribution in [0, 0.1) is 0 Å². The summed E-state index contributed by atoms with van der Waals surface area (Å²) in [5.74, 6) is -0.455. The van der Waals surface area contributed by atoms with E-state index in [2.05, 4.69) is 5.32 Å². The summed E-state index contributed by atoms with van der Waals surface area (Å²) in [5.41, 5.74) is 4.59. The van der Waals surface area contributed by atoms with E-state index in [0.717, 1.165) is 22.6 Å². The molecule has 0 fully saturated rings. The zero-order valence-corrected chi connectivity index (χ0v) is 19.0. The van der Waals surface area contributed by atoms with Gasteiger partial charge in [-0.3, -0.25) is 9.59 Å². The van der Waals surface area contributed by atoms with Gasteiger partial charge in [0.1, 0.15) is 5.76 Å². The van der Waals surface area contributed by atoms with Gasteiger partial charge in [-0.05, 0) is 67.3 Å². The molecule has 0 unspecified atom stereocenters. The van der Waals surface area contributed by atoms with E-state index in [9.17, 15) is 14.4 Å². The van der Waals surface area contributed by atoms with E-state index in [4.69, 9.17) is 14.1 Å². The zero-order valence-electron chi connectivity index (χ0n) is 19.0. The molecular weight excluding hydrogens is 444 g/mol. The summed E-state index contributed by atoms with van der Waals surface area (Å²) in [4.78, 5) is 42.1. The van der Waals surface area contributed by atoms with Gasteiger partial charge in [0.05, 0.1) is 23.0 Å². The molecule has 174 valence electrons. The molecule has 2 aromatic carbocycles. The topological polar surface area (TPSA) is 98.5 Å². The normalized spacial score (nSPS) is 13.6. The van der Waals surface area contributed by atoms with Gasteiger partial charge in [-0.25, -0.2) is 9.78 Å². The van der Waals surface area contributed by atoms with Crippen molar-refractivity contribution in [2.75, 3.05) is 11.9 Å². The van der Waals surface area contributed by atoms with Gasteiger partial charge >= 0.3 is 5.97 Å². The number of hydrogen-bond acceptors (Lipinski definition) is 6. The maximum atomic E-state index is 13.2. The number of ketones is 1. The Morgan fingerprint density at radius 2 is 1.91 bits per heavy atom. The number of aromatic nitrogens is 1. The lowest BCUT2D eigenvalue weighted by Gasteiger charge is -2.12. The Morgan fingerprint density at radius 1 is 1.06 bits per heavy atom. The van der Waals surface area contributed by atoms with Crippen LogP contribution in [0.5, 0.6) is 0 Å². The Labute approximate surface area is 201 Å². The number of anilines is 1. The van der Waals surface area contributed by atoms with Gasteiger partial charge in [0.25, 0.3) is 5.91 Å². The number of benzene rings is 2. The Morgan fingerprint density at radius 3 is 2.71 bits per heavy atom. The number of carbonyl (C=O) groups is 3. The summed E-state index contributed by atoms with van der Waals surface area (Å²) in [6.07, 6.45) is 4.90. The highest BCUT2D eigenvalue weighted by Crippen LogP contribution is 2.37. The first kappa shape index (κ1) is 22.3. The van der Waals surface area contributed by atoms with E-state index in [1.54, 1.807) is 30.5 Å². The van der Waals surface area contributed by atoms with Gasteiger partial charge in [0.15, 0.2) is 12.4 Å². The van der Waals surface area contributed by atoms with Gasteiger partial charge in [-0.1, -0.05) is 30.3 Å². The van der Waals surface area contributed by atoms with Crippen molar-refractivity contribution in [1.29, 1.82) is 0 Å². The van der Waals surface area contributed by atoms with Crippen molar-refractivity contribution in [2.45, 2.75) is 19.8 Å². The van der Waals surface area contributed by atoms with E-state index in [0.29, 0.717) is 40.6 Å². The van der Waals surface area contributed by atoms with Gasteiger partial charge in [0.2, 0.25) is 0 Å². The quantitative estimate of drug-likeness (QED) is 0.305. The van der Waals surface area contributed by atoms with Crippen LogP contribution in [0.1, 0.15) is 51.1 Å². The predicted octanol–water partition coefficient (Wildman–Crippen LogP) is 5.31. The number of carbonyl (C=O) groups excluding carboxylic acids is 3. The van der Waals surface area contributed by atoms with Crippen LogP contribution in [-0.2, 0) is 16.0 Å². The summed E-state index contributed by atoms with van der Waals surface area (Å²) in [5, 5.41) is 3.35. The number of pyridine rings is 1. The van der Waals surface area contributed by atoms with Gasteiger partial charge in [-0.2, -0.15) is 0 Å². The van der Waals surface area contributed by atoms with Crippen molar-refractivity contribution in [3.05, 3.63) is 95.1 Å². The maximum Gasteiger partial charge on any atom is 0.339 e. The van der Waals surface area contributed by atoms with Crippen LogP contribution in [-0.4, -0.2) is 29.3 Å². The minimum Gasteiger partial charge on any atom is -0.465 e. The lowest BCUT2D eigenvalue weighted by molar-refractivity contribution is -0.119. The molecule has 1 aliphatic rings. The van der Waals surface area contributed by atoms with Crippen molar-refractivity contribution in [1.82, 2.24) is 4.98 Å². The molecule has 0 spiro atoms. The van der Waals surface area contributed by atoms with Crippen molar-refractivity contribution in [3.8, 4) is 0 Å². The number of nitrogens with zero attached hydrogens (tertiary/aromatic N) is 1. The third-order valence-corrected chi connectivity index (χ3v) is 5.89. The second kappa shape index (κ2) is 9.38.